The molecule has 0 saturated carbocycles. The smallest absolute Gasteiger partial charge is 0.297 e. The zero-order valence-corrected chi connectivity index (χ0v) is 19.1. The second kappa shape index (κ2) is 9.01. The first kappa shape index (κ1) is 21.8. The average molecular weight is 470 g/mol. The molecular weight excluding hydrogens is 450 g/mol. The molecule has 1 amide bonds. The summed E-state index contributed by atoms with van der Waals surface area (Å²) in [5, 5.41) is 15.0. The molecule has 4 rings (SSSR count). The van der Waals surface area contributed by atoms with E-state index in [1.165, 1.54) is 4.68 Å². The lowest BCUT2D eigenvalue weighted by atomic mass is 10.3. The minimum atomic E-state index is -0.518. The fraction of sp³-hybridized carbons (Fsp3) is 0.190. The Kier molecular flexibility index (Phi) is 6.15. The van der Waals surface area contributed by atoms with E-state index in [1.54, 1.807) is 47.6 Å². The molecule has 1 atom stereocenters. The van der Waals surface area contributed by atoms with Crippen LogP contribution in [0.5, 0.6) is 0 Å². The van der Waals surface area contributed by atoms with Gasteiger partial charge in [-0.3, -0.25) is 14.3 Å². The summed E-state index contributed by atoms with van der Waals surface area (Å²) in [5.74, 6) is -0.224. The van der Waals surface area contributed by atoms with Crippen molar-refractivity contribution < 1.29 is 4.79 Å². The summed E-state index contributed by atoms with van der Waals surface area (Å²) in [7, 11) is 1.80. The molecule has 0 spiro atoms. The van der Waals surface area contributed by atoms with Crippen LogP contribution < -0.4 is 10.9 Å². The zero-order valence-electron chi connectivity index (χ0n) is 17.6. The van der Waals surface area contributed by atoms with Gasteiger partial charge in [0.05, 0.1) is 16.6 Å². The normalized spacial score (nSPS) is 12.0. The molecule has 2 aromatic heterocycles. The third-order valence-electron chi connectivity index (χ3n) is 4.94. The highest BCUT2D eigenvalue weighted by atomic mass is 35.5. The molecule has 0 aliphatic heterocycles. The van der Waals surface area contributed by atoms with E-state index >= 15 is 0 Å². The highest BCUT2D eigenvalue weighted by Crippen LogP contribution is 2.25. The van der Waals surface area contributed by atoms with Crippen molar-refractivity contribution in [3.63, 3.8) is 0 Å². The van der Waals surface area contributed by atoms with Gasteiger partial charge in [-0.25, -0.2) is 4.68 Å². The Balaban J connectivity index is 1.61. The van der Waals surface area contributed by atoms with Gasteiger partial charge >= 0.3 is 0 Å². The molecule has 0 aliphatic carbocycles. The molecule has 0 radical (unpaired) electrons. The predicted molar refractivity (Wildman–Crippen MR) is 124 cm³/mol. The molecule has 0 fully saturated rings. The Morgan fingerprint density at radius 1 is 1.12 bits per heavy atom. The van der Waals surface area contributed by atoms with Crippen LogP contribution in [0.15, 0.2) is 64.5 Å². The van der Waals surface area contributed by atoms with Crippen molar-refractivity contribution in [2.45, 2.75) is 24.3 Å². The third kappa shape index (κ3) is 4.19. The van der Waals surface area contributed by atoms with Crippen LogP contribution in [-0.4, -0.2) is 40.7 Å². The maximum Gasteiger partial charge on any atom is 0.297 e. The highest BCUT2D eigenvalue weighted by Gasteiger charge is 2.24. The Morgan fingerprint density at radius 3 is 2.50 bits per heavy atom. The second-order valence-corrected chi connectivity index (χ2v) is 8.78. The lowest BCUT2D eigenvalue weighted by Crippen LogP contribution is -2.24. The number of aromatic nitrogens is 6. The van der Waals surface area contributed by atoms with Crippen molar-refractivity contribution in [2.75, 3.05) is 5.32 Å². The number of nitrogens with zero attached hydrogens (tertiary/aromatic N) is 6. The van der Waals surface area contributed by atoms with Crippen LogP contribution in [-0.2, 0) is 11.8 Å². The van der Waals surface area contributed by atoms with Crippen LogP contribution in [0.25, 0.3) is 11.4 Å². The maximum atomic E-state index is 13.3. The number of benzene rings is 2. The molecule has 11 heteroatoms. The van der Waals surface area contributed by atoms with E-state index in [-0.39, 0.29) is 11.5 Å². The summed E-state index contributed by atoms with van der Waals surface area (Å²) in [6.07, 6.45) is 0. The van der Waals surface area contributed by atoms with Crippen LogP contribution >= 0.6 is 23.4 Å². The Hall–Kier alpha value is -3.37. The van der Waals surface area contributed by atoms with E-state index in [0.29, 0.717) is 27.2 Å². The topological polar surface area (TPSA) is 99.6 Å². The van der Waals surface area contributed by atoms with Gasteiger partial charge in [-0.05, 0) is 60.7 Å². The number of tetrazole rings is 1. The van der Waals surface area contributed by atoms with Crippen molar-refractivity contribution in [2.24, 2.45) is 7.05 Å². The van der Waals surface area contributed by atoms with Gasteiger partial charge < -0.3 is 5.32 Å². The van der Waals surface area contributed by atoms with Gasteiger partial charge in [-0.1, -0.05) is 41.6 Å². The fourth-order valence-electron chi connectivity index (χ4n) is 3.18. The number of nitrogens with one attached hydrogen (secondary N) is 1. The number of hydrogen-bond acceptors (Lipinski definition) is 6. The molecule has 0 saturated heterocycles. The molecule has 1 unspecified atom stereocenters. The summed E-state index contributed by atoms with van der Waals surface area (Å²) in [6.45, 7) is 3.57. The quantitative estimate of drug-likeness (QED) is 0.435. The minimum absolute atomic E-state index is 0.224. The van der Waals surface area contributed by atoms with Crippen LogP contribution in [0.3, 0.4) is 0 Å². The third-order valence-corrected chi connectivity index (χ3v) is 6.22. The standard InChI is InChI=1S/C21H20ClN7O2S/c1-13-18(20(31)29(27(13)3)17-7-5-4-6-8-17)28-21(24-25-26-28)32-14(2)19(30)23-16-11-9-15(22)10-12-16/h4-12,14H,1-3H3,(H,23,30). The van der Waals surface area contributed by atoms with Crippen molar-refractivity contribution >= 4 is 35.0 Å². The molecule has 164 valence electrons. The van der Waals surface area contributed by atoms with E-state index in [1.807, 2.05) is 37.3 Å². The number of hydrogen-bond donors (Lipinski definition) is 1. The first-order chi connectivity index (χ1) is 15.4. The number of thioether (sulfide) groups is 1. The lowest BCUT2D eigenvalue weighted by Gasteiger charge is -2.11. The van der Waals surface area contributed by atoms with Crippen molar-refractivity contribution in [1.82, 2.24) is 29.6 Å². The highest BCUT2D eigenvalue weighted by molar-refractivity contribution is 8.00. The number of carbonyl (C=O) groups is 1. The average Bonchev–Trinajstić information content (AvgIpc) is 3.31. The Bertz CT molecular complexity index is 1310. The van der Waals surface area contributed by atoms with E-state index in [2.05, 4.69) is 20.8 Å². The molecule has 2 heterocycles. The van der Waals surface area contributed by atoms with Crippen molar-refractivity contribution in [1.29, 1.82) is 0 Å². The molecular formula is C21H20ClN7O2S. The number of carbonyl (C=O) groups excluding carboxylic acids is 1. The largest absolute Gasteiger partial charge is 0.325 e. The van der Waals surface area contributed by atoms with E-state index in [9.17, 15) is 9.59 Å². The maximum absolute atomic E-state index is 13.3. The van der Waals surface area contributed by atoms with Gasteiger partial charge in [-0.2, -0.15) is 4.68 Å². The number of rotatable bonds is 6. The van der Waals surface area contributed by atoms with Gasteiger partial charge in [0.2, 0.25) is 11.1 Å². The summed E-state index contributed by atoms with van der Waals surface area (Å²) in [6, 6.07) is 16.2. The number of anilines is 1. The molecule has 0 bridgehead atoms. The molecule has 9 nitrogen and oxygen atoms in total. The molecule has 2 aromatic carbocycles. The number of halogens is 1. The molecule has 4 aromatic rings. The SMILES string of the molecule is Cc1c(-n2nnnc2SC(C)C(=O)Nc2ccc(Cl)cc2)c(=O)n(-c2ccccc2)n1C. The van der Waals surface area contributed by atoms with E-state index < -0.39 is 5.25 Å². The van der Waals surface area contributed by atoms with Crippen LogP contribution in [0.4, 0.5) is 5.69 Å². The molecule has 32 heavy (non-hydrogen) atoms. The molecule has 1 N–H and O–H groups in total. The van der Waals surface area contributed by atoms with Gasteiger partial charge in [0.15, 0.2) is 5.69 Å². The first-order valence-electron chi connectivity index (χ1n) is 9.72. The lowest BCUT2D eigenvalue weighted by molar-refractivity contribution is -0.115. The predicted octanol–water partition coefficient (Wildman–Crippen LogP) is 3.23. The van der Waals surface area contributed by atoms with Crippen LogP contribution in [0.1, 0.15) is 12.6 Å². The van der Waals surface area contributed by atoms with Gasteiger partial charge in [-0.15, -0.1) is 5.10 Å². The summed E-state index contributed by atoms with van der Waals surface area (Å²) < 4.78 is 4.69. The monoisotopic (exact) mass is 469 g/mol. The van der Waals surface area contributed by atoms with Gasteiger partial charge in [0.1, 0.15) is 0 Å². The fourth-order valence-corrected chi connectivity index (χ4v) is 4.10. The van der Waals surface area contributed by atoms with Gasteiger partial charge in [0.25, 0.3) is 5.56 Å². The van der Waals surface area contributed by atoms with Crippen molar-refractivity contribution in [3.8, 4) is 11.4 Å². The molecule has 0 aliphatic rings. The minimum Gasteiger partial charge on any atom is -0.325 e. The van der Waals surface area contributed by atoms with Crippen molar-refractivity contribution in [3.05, 3.63) is 75.7 Å². The van der Waals surface area contributed by atoms with E-state index in [4.69, 9.17) is 11.6 Å². The first-order valence-corrected chi connectivity index (χ1v) is 11.0. The summed E-state index contributed by atoms with van der Waals surface area (Å²) >= 11 is 7.05. The second-order valence-electron chi connectivity index (χ2n) is 7.04. The summed E-state index contributed by atoms with van der Waals surface area (Å²) in [5.41, 5.74) is 2.12. The van der Waals surface area contributed by atoms with E-state index in [0.717, 1.165) is 17.4 Å². The summed E-state index contributed by atoms with van der Waals surface area (Å²) in [4.78, 5) is 25.9. The number of para-hydroxylation sites is 1. The van der Waals surface area contributed by atoms with Crippen LogP contribution in [0, 0.1) is 6.92 Å². The zero-order chi connectivity index (χ0) is 22.8. The number of amides is 1. The Morgan fingerprint density at radius 2 is 1.81 bits per heavy atom. The van der Waals surface area contributed by atoms with Crippen LogP contribution in [0.2, 0.25) is 5.02 Å². The van der Waals surface area contributed by atoms with Gasteiger partial charge in [0, 0.05) is 17.8 Å². The Labute approximate surface area is 193 Å².